The standard InChI is InChI=1S/C18H26N4O4/c1-12-14(16(23)20-13-5-8-21(2)9-6-13)15-17(26-12)19-11-22(18(15)24)7-4-10-25-3/h11,13H,4-10H2,1-3H3,(H,20,23). The van der Waals surface area contributed by atoms with Crippen molar-refractivity contribution in [3.05, 3.63) is 28.0 Å². The third-order valence-electron chi connectivity index (χ3n) is 4.88. The van der Waals surface area contributed by atoms with Gasteiger partial charge in [0.15, 0.2) is 0 Å². The molecule has 1 saturated heterocycles. The highest BCUT2D eigenvalue weighted by Gasteiger charge is 2.26. The van der Waals surface area contributed by atoms with Gasteiger partial charge in [-0.05, 0) is 46.3 Å². The lowest BCUT2D eigenvalue weighted by atomic mass is 10.0. The molecular weight excluding hydrogens is 336 g/mol. The number of rotatable bonds is 6. The zero-order valence-electron chi connectivity index (χ0n) is 15.6. The Hall–Kier alpha value is -2.19. The van der Waals surface area contributed by atoms with Gasteiger partial charge in [0.2, 0.25) is 5.71 Å². The van der Waals surface area contributed by atoms with Gasteiger partial charge in [0.05, 0.1) is 5.56 Å². The summed E-state index contributed by atoms with van der Waals surface area (Å²) in [6.07, 6.45) is 3.95. The fourth-order valence-electron chi connectivity index (χ4n) is 3.36. The van der Waals surface area contributed by atoms with Gasteiger partial charge >= 0.3 is 0 Å². The van der Waals surface area contributed by atoms with E-state index in [2.05, 4.69) is 22.2 Å². The first-order valence-electron chi connectivity index (χ1n) is 8.98. The Balaban J connectivity index is 1.87. The molecule has 1 N–H and O–H groups in total. The first kappa shape index (κ1) is 18.6. The number of nitrogens with zero attached hydrogens (tertiary/aromatic N) is 3. The van der Waals surface area contributed by atoms with Gasteiger partial charge in [-0.2, -0.15) is 0 Å². The number of ether oxygens (including phenoxy) is 1. The third kappa shape index (κ3) is 3.81. The van der Waals surface area contributed by atoms with Gasteiger partial charge in [-0.25, -0.2) is 4.98 Å². The van der Waals surface area contributed by atoms with Crippen LogP contribution in [0.2, 0.25) is 0 Å². The number of hydrogen-bond donors (Lipinski definition) is 1. The van der Waals surface area contributed by atoms with Gasteiger partial charge in [0.1, 0.15) is 17.5 Å². The molecule has 0 radical (unpaired) electrons. The minimum Gasteiger partial charge on any atom is -0.442 e. The Kier molecular flexibility index (Phi) is 5.73. The van der Waals surface area contributed by atoms with E-state index in [1.54, 1.807) is 14.0 Å². The molecule has 0 aliphatic carbocycles. The highest BCUT2D eigenvalue weighted by Crippen LogP contribution is 2.21. The van der Waals surface area contributed by atoms with Crippen molar-refractivity contribution >= 4 is 17.0 Å². The lowest BCUT2D eigenvalue weighted by molar-refractivity contribution is 0.0916. The van der Waals surface area contributed by atoms with Crippen LogP contribution < -0.4 is 10.9 Å². The number of likely N-dealkylation sites (tertiary alicyclic amines) is 1. The summed E-state index contributed by atoms with van der Waals surface area (Å²) in [4.78, 5) is 32.1. The Morgan fingerprint density at radius 2 is 2.15 bits per heavy atom. The summed E-state index contributed by atoms with van der Waals surface area (Å²) in [5.74, 6) is 0.161. The smallest absolute Gasteiger partial charge is 0.265 e. The van der Waals surface area contributed by atoms with Crippen LogP contribution in [0, 0.1) is 6.92 Å². The van der Waals surface area contributed by atoms with Crippen LogP contribution >= 0.6 is 0 Å². The maximum Gasteiger partial charge on any atom is 0.265 e. The molecule has 3 rings (SSSR count). The van der Waals surface area contributed by atoms with Crippen LogP contribution in [0.3, 0.4) is 0 Å². The van der Waals surface area contributed by atoms with Crippen LogP contribution in [0.4, 0.5) is 0 Å². The van der Waals surface area contributed by atoms with Crippen molar-refractivity contribution in [2.75, 3.05) is 33.9 Å². The molecule has 1 aliphatic rings. The van der Waals surface area contributed by atoms with E-state index in [1.165, 1.54) is 10.9 Å². The number of aromatic nitrogens is 2. The van der Waals surface area contributed by atoms with Crippen molar-refractivity contribution in [1.82, 2.24) is 19.8 Å². The Morgan fingerprint density at radius 1 is 1.42 bits per heavy atom. The maximum absolute atomic E-state index is 12.8. The van der Waals surface area contributed by atoms with Gasteiger partial charge < -0.3 is 19.4 Å². The van der Waals surface area contributed by atoms with E-state index in [0.29, 0.717) is 30.9 Å². The highest BCUT2D eigenvalue weighted by molar-refractivity contribution is 6.06. The van der Waals surface area contributed by atoms with Crippen molar-refractivity contribution in [1.29, 1.82) is 0 Å². The Bertz CT molecular complexity index is 834. The first-order valence-corrected chi connectivity index (χ1v) is 8.98. The van der Waals surface area contributed by atoms with Crippen LogP contribution in [0.1, 0.15) is 35.4 Å². The zero-order valence-corrected chi connectivity index (χ0v) is 15.6. The van der Waals surface area contributed by atoms with Crippen molar-refractivity contribution < 1.29 is 13.9 Å². The topological polar surface area (TPSA) is 89.6 Å². The third-order valence-corrected chi connectivity index (χ3v) is 4.88. The van der Waals surface area contributed by atoms with Gasteiger partial charge in [-0.15, -0.1) is 0 Å². The summed E-state index contributed by atoms with van der Waals surface area (Å²) in [5, 5.41) is 3.31. The molecule has 3 heterocycles. The number of methoxy groups -OCH3 is 1. The Morgan fingerprint density at radius 3 is 2.85 bits per heavy atom. The fourth-order valence-corrected chi connectivity index (χ4v) is 3.36. The molecule has 0 atom stereocenters. The lowest BCUT2D eigenvalue weighted by Gasteiger charge is -2.29. The summed E-state index contributed by atoms with van der Waals surface area (Å²) in [7, 11) is 3.69. The molecule has 2 aromatic heterocycles. The fraction of sp³-hybridized carbons (Fsp3) is 0.611. The van der Waals surface area contributed by atoms with E-state index in [9.17, 15) is 9.59 Å². The van der Waals surface area contributed by atoms with Gasteiger partial charge in [-0.3, -0.25) is 14.2 Å². The lowest BCUT2D eigenvalue weighted by Crippen LogP contribution is -2.43. The maximum atomic E-state index is 12.8. The number of amides is 1. The van der Waals surface area contributed by atoms with E-state index in [4.69, 9.17) is 9.15 Å². The molecule has 8 nitrogen and oxygen atoms in total. The van der Waals surface area contributed by atoms with Crippen LogP contribution in [0.5, 0.6) is 0 Å². The molecule has 1 fully saturated rings. The van der Waals surface area contributed by atoms with Crippen molar-refractivity contribution in [2.24, 2.45) is 0 Å². The second-order valence-electron chi connectivity index (χ2n) is 6.85. The molecular formula is C18H26N4O4. The van der Waals surface area contributed by atoms with Crippen LogP contribution in [0.15, 0.2) is 15.5 Å². The number of piperidine rings is 1. The van der Waals surface area contributed by atoms with Crippen LogP contribution in [-0.2, 0) is 11.3 Å². The highest BCUT2D eigenvalue weighted by atomic mass is 16.5. The van der Waals surface area contributed by atoms with E-state index >= 15 is 0 Å². The number of furan rings is 1. The molecule has 0 bridgehead atoms. The summed E-state index contributed by atoms with van der Waals surface area (Å²) < 4.78 is 12.1. The molecule has 0 spiro atoms. The zero-order chi connectivity index (χ0) is 18.7. The average molecular weight is 362 g/mol. The SMILES string of the molecule is COCCCn1cnc2oc(C)c(C(=O)NC3CCN(C)CC3)c2c1=O. The molecule has 0 unspecified atom stereocenters. The number of aryl methyl sites for hydroxylation is 2. The number of fused-ring (bicyclic) bond motifs is 1. The van der Waals surface area contributed by atoms with E-state index in [-0.39, 0.29) is 28.6 Å². The molecule has 26 heavy (non-hydrogen) atoms. The second kappa shape index (κ2) is 8.01. The average Bonchev–Trinajstić information content (AvgIpc) is 2.96. The van der Waals surface area contributed by atoms with Crippen molar-refractivity contribution in [2.45, 2.75) is 38.8 Å². The molecule has 142 valence electrons. The largest absolute Gasteiger partial charge is 0.442 e. The Labute approximate surface area is 152 Å². The van der Waals surface area contributed by atoms with Crippen LogP contribution in [0.25, 0.3) is 11.1 Å². The van der Waals surface area contributed by atoms with E-state index < -0.39 is 0 Å². The van der Waals surface area contributed by atoms with Gasteiger partial charge in [0.25, 0.3) is 11.5 Å². The summed E-state index contributed by atoms with van der Waals surface area (Å²) >= 11 is 0. The van der Waals surface area contributed by atoms with Crippen molar-refractivity contribution in [3.8, 4) is 0 Å². The predicted octanol–water partition coefficient (Wildman–Crippen LogP) is 1.16. The monoisotopic (exact) mass is 362 g/mol. The minimum absolute atomic E-state index is 0.114. The quantitative estimate of drug-likeness (QED) is 0.776. The van der Waals surface area contributed by atoms with E-state index in [0.717, 1.165) is 25.9 Å². The van der Waals surface area contributed by atoms with E-state index in [1.807, 2.05) is 0 Å². The van der Waals surface area contributed by atoms with Gasteiger partial charge in [0, 0.05) is 26.3 Å². The number of nitrogens with one attached hydrogen (secondary N) is 1. The molecule has 0 aromatic carbocycles. The number of hydrogen-bond acceptors (Lipinski definition) is 6. The molecule has 0 saturated carbocycles. The summed E-state index contributed by atoms with van der Waals surface area (Å²) in [6, 6.07) is 0.114. The van der Waals surface area contributed by atoms with Crippen molar-refractivity contribution in [3.63, 3.8) is 0 Å². The number of carbonyl (C=O) groups is 1. The predicted molar refractivity (Wildman–Crippen MR) is 97.5 cm³/mol. The second-order valence-corrected chi connectivity index (χ2v) is 6.85. The minimum atomic E-state index is -0.260. The number of carbonyl (C=O) groups excluding carboxylic acids is 1. The molecule has 1 amide bonds. The molecule has 8 heteroatoms. The molecule has 1 aliphatic heterocycles. The summed E-state index contributed by atoms with van der Waals surface area (Å²) in [6.45, 7) is 4.63. The normalized spacial score (nSPS) is 16.3. The van der Waals surface area contributed by atoms with Crippen LogP contribution in [-0.4, -0.2) is 60.3 Å². The molecule has 2 aromatic rings. The summed E-state index contributed by atoms with van der Waals surface area (Å²) in [5.41, 5.74) is 0.262. The van der Waals surface area contributed by atoms with Gasteiger partial charge in [-0.1, -0.05) is 0 Å². The first-order chi connectivity index (χ1) is 12.5.